The number of halogens is 1. The number of thiocarbonyl (C=S) groups is 1. The lowest BCUT2D eigenvalue weighted by Gasteiger charge is -2.28. The summed E-state index contributed by atoms with van der Waals surface area (Å²) in [5, 5.41) is 3.41. The van der Waals surface area contributed by atoms with Crippen molar-refractivity contribution in [1.82, 2.24) is 10.3 Å². The second kappa shape index (κ2) is 5.20. The van der Waals surface area contributed by atoms with Gasteiger partial charge in [-0.05, 0) is 25.0 Å². The molecule has 1 heterocycles. The van der Waals surface area contributed by atoms with E-state index in [0.717, 1.165) is 25.7 Å². The first kappa shape index (κ1) is 13.2. The molecule has 18 heavy (non-hydrogen) atoms. The van der Waals surface area contributed by atoms with Gasteiger partial charge in [-0.1, -0.05) is 36.7 Å². The lowest BCUT2D eigenvalue weighted by Crippen LogP contribution is -2.54. The van der Waals surface area contributed by atoms with Crippen LogP contribution >= 0.6 is 23.8 Å². The van der Waals surface area contributed by atoms with Gasteiger partial charge in [0.05, 0.1) is 15.6 Å². The second-order valence-electron chi connectivity index (χ2n) is 4.47. The third kappa shape index (κ3) is 2.62. The van der Waals surface area contributed by atoms with Gasteiger partial charge in [-0.2, -0.15) is 0 Å². The van der Waals surface area contributed by atoms with Gasteiger partial charge >= 0.3 is 0 Å². The van der Waals surface area contributed by atoms with E-state index in [2.05, 4.69) is 10.3 Å². The Morgan fingerprint density at radius 2 is 2.11 bits per heavy atom. The molecule has 96 valence electrons. The third-order valence-electron chi connectivity index (χ3n) is 3.24. The summed E-state index contributed by atoms with van der Waals surface area (Å²) in [5.74, 6) is -0.263. The Morgan fingerprint density at radius 3 is 2.61 bits per heavy atom. The fourth-order valence-corrected chi connectivity index (χ4v) is 2.57. The van der Waals surface area contributed by atoms with E-state index in [9.17, 15) is 4.79 Å². The van der Waals surface area contributed by atoms with E-state index in [4.69, 9.17) is 29.6 Å². The summed E-state index contributed by atoms with van der Waals surface area (Å²) in [7, 11) is 0. The Balaban J connectivity index is 2.15. The van der Waals surface area contributed by atoms with Crippen molar-refractivity contribution in [3.8, 4) is 0 Å². The van der Waals surface area contributed by atoms with E-state index in [1.165, 1.54) is 6.20 Å². The van der Waals surface area contributed by atoms with Crippen LogP contribution in [0.4, 0.5) is 0 Å². The number of carbonyl (C=O) groups is 1. The predicted octanol–water partition coefficient (Wildman–Crippen LogP) is 2.06. The van der Waals surface area contributed by atoms with Crippen molar-refractivity contribution in [2.24, 2.45) is 5.73 Å². The fraction of sp³-hybridized carbons (Fsp3) is 0.417. The Labute approximate surface area is 116 Å². The minimum absolute atomic E-state index is 0.263. The highest BCUT2D eigenvalue weighted by Gasteiger charge is 2.38. The zero-order valence-corrected chi connectivity index (χ0v) is 11.4. The summed E-state index contributed by atoms with van der Waals surface area (Å²) in [5.41, 5.74) is 5.53. The molecule has 4 nitrogen and oxygen atoms in total. The maximum atomic E-state index is 12.1. The number of nitrogens with one attached hydrogen (secondary N) is 1. The molecule has 1 fully saturated rings. The minimum Gasteiger partial charge on any atom is -0.391 e. The molecule has 0 spiro atoms. The molecule has 0 aliphatic heterocycles. The predicted molar refractivity (Wildman–Crippen MR) is 74.7 cm³/mol. The quantitative estimate of drug-likeness (QED) is 0.833. The molecule has 1 aliphatic rings. The third-order valence-corrected chi connectivity index (χ3v) is 3.86. The summed E-state index contributed by atoms with van der Waals surface area (Å²) in [4.78, 5) is 16.4. The number of carbonyl (C=O) groups excluding carboxylic acids is 1. The summed E-state index contributed by atoms with van der Waals surface area (Å²) in [6, 6.07) is 3.21. The highest BCUT2D eigenvalue weighted by molar-refractivity contribution is 7.80. The van der Waals surface area contributed by atoms with Gasteiger partial charge in [0.15, 0.2) is 0 Å². The molecule has 1 aromatic heterocycles. The molecule has 6 heteroatoms. The van der Waals surface area contributed by atoms with Crippen LogP contribution in [0.1, 0.15) is 36.2 Å². The van der Waals surface area contributed by atoms with Crippen molar-refractivity contribution in [2.75, 3.05) is 0 Å². The van der Waals surface area contributed by atoms with Crippen molar-refractivity contribution in [1.29, 1.82) is 0 Å². The Bertz CT molecular complexity index is 469. The van der Waals surface area contributed by atoms with E-state index in [0.29, 0.717) is 15.7 Å². The lowest BCUT2D eigenvalue weighted by atomic mass is 9.97. The summed E-state index contributed by atoms with van der Waals surface area (Å²) in [6.45, 7) is 0. The molecule has 0 saturated heterocycles. The standard InChI is InChI=1S/C12H14ClN3OS/c13-8-3-4-9(15-7-8)10(17)16-12(11(14)18)5-1-2-6-12/h3-4,7H,1-2,5-6H2,(H2,14,18)(H,16,17). The number of hydrogen-bond donors (Lipinski definition) is 2. The number of hydrogen-bond acceptors (Lipinski definition) is 3. The number of nitrogens with two attached hydrogens (primary N) is 1. The van der Waals surface area contributed by atoms with Crippen molar-refractivity contribution >= 4 is 34.7 Å². The van der Waals surface area contributed by atoms with Crippen molar-refractivity contribution < 1.29 is 4.79 Å². The van der Waals surface area contributed by atoms with Gasteiger partial charge in [0.1, 0.15) is 5.69 Å². The number of aromatic nitrogens is 1. The monoisotopic (exact) mass is 283 g/mol. The van der Waals surface area contributed by atoms with Gasteiger partial charge in [-0.3, -0.25) is 4.79 Å². The average molecular weight is 284 g/mol. The first-order valence-corrected chi connectivity index (χ1v) is 6.56. The van der Waals surface area contributed by atoms with Gasteiger partial charge in [-0.15, -0.1) is 0 Å². The van der Waals surface area contributed by atoms with Gasteiger partial charge in [0.2, 0.25) is 0 Å². The maximum Gasteiger partial charge on any atom is 0.270 e. The van der Waals surface area contributed by atoms with Gasteiger partial charge in [-0.25, -0.2) is 4.98 Å². The van der Waals surface area contributed by atoms with Crippen molar-refractivity contribution in [2.45, 2.75) is 31.2 Å². The first-order chi connectivity index (χ1) is 8.53. The van der Waals surface area contributed by atoms with E-state index in [1.54, 1.807) is 12.1 Å². The van der Waals surface area contributed by atoms with Crippen LogP contribution in [0.15, 0.2) is 18.3 Å². The van der Waals surface area contributed by atoms with Crippen LogP contribution in [0.2, 0.25) is 5.02 Å². The van der Waals surface area contributed by atoms with E-state index >= 15 is 0 Å². The molecule has 3 N–H and O–H groups in total. The number of amides is 1. The summed E-state index contributed by atoms with van der Waals surface area (Å²) in [6.07, 6.45) is 5.07. The first-order valence-electron chi connectivity index (χ1n) is 5.77. The molecule has 0 aromatic carbocycles. The number of pyridine rings is 1. The van der Waals surface area contributed by atoms with Crippen LogP contribution in [-0.2, 0) is 0 Å². The Kier molecular flexibility index (Phi) is 3.82. The normalized spacial score (nSPS) is 17.4. The van der Waals surface area contributed by atoms with Crippen LogP contribution in [0.25, 0.3) is 0 Å². The van der Waals surface area contributed by atoms with Crippen LogP contribution in [-0.4, -0.2) is 21.4 Å². The molecule has 2 rings (SSSR count). The van der Waals surface area contributed by atoms with E-state index < -0.39 is 5.54 Å². The van der Waals surface area contributed by atoms with E-state index in [1.807, 2.05) is 0 Å². The summed E-state index contributed by atoms with van der Waals surface area (Å²) < 4.78 is 0. The fourth-order valence-electron chi connectivity index (χ4n) is 2.20. The molecule has 1 aliphatic carbocycles. The maximum absolute atomic E-state index is 12.1. The Hall–Kier alpha value is -1.20. The van der Waals surface area contributed by atoms with Crippen LogP contribution in [0.3, 0.4) is 0 Å². The average Bonchev–Trinajstić information content (AvgIpc) is 2.79. The van der Waals surface area contributed by atoms with Gasteiger partial charge in [0, 0.05) is 6.20 Å². The van der Waals surface area contributed by atoms with Gasteiger partial charge in [0.25, 0.3) is 5.91 Å². The molecule has 1 amide bonds. The number of nitrogens with zero attached hydrogens (tertiary/aromatic N) is 1. The molecule has 0 atom stereocenters. The van der Waals surface area contributed by atoms with Crippen molar-refractivity contribution in [3.63, 3.8) is 0 Å². The largest absolute Gasteiger partial charge is 0.391 e. The van der Waals surface area contributed by atoms with Gasteiger partial charge < -0.3 is 11.1 Å². The van der Waals surface area contributed by atoms with Crippen LogP contribution < -0.4 is 11.1 Å². The zero-order chi connectivity index (χ0) is 13.2. The van der Waals surface area contributed by atoms with Crippen LogP contribution in [0.5, 0.6) is 0 Å². The molecule has 0 bridgehead atoms. The topological polar surface area (TPSA) is 68.0 Å². The SMILES string of the molecule is NC(=S)C1(NC(=O)c2ccc(Cl)cn2)CCCC1. The highest BCUT2D eigenvalue weighted by Crippen LogP contribution is 2.30. The molecular weight excluding hydrogens is 270 g/mol. The molecule has 0 unspecified atom stereocenters. The van der Waals surface area contributed by atoms with E-state index in [-0.39, 0.29) is 5.91 Å². The summed E-state index contributed by atoms with van der Waals surface area (Å²) >= 11 is 10.8. The molecule has 1 saturated carbocycles. The minimum atomic E-state index is -0.548. The Morgan fingerprint density at radius 1 is 1.44 bits per heavy atom. The smallest absolute Gasteiger partial charge is 0.270 e. The highest BCUT2D eigenvalue weighted by atomic mass is 35.5. The number of rotatable bonds is 3. The second-order valence-corrected chi connectivity index (χ2v) is 5.35. The van der Waals surface area contributed by atoms with Crippen molar-refractivity contribution in [3.05, 3.63) is 29.0 Å². The zero-order valence-electron chi connectivity index (χ0n) is 9.78. The molecule has 1 aromatic rings. The molecule has 0 radical (unpaired) electrons. The molecular formula is C12H14ClN3OS. The lowest BCUT2D eigenvalue weighted by molar-refractivity contribution is 0.0919. The van der Waals surface area contributed by atoms with Crippen LogP contribution in [0, 0.1) is 0 Å².